The molecule has 84 valence electrons. The second-order valence-electron chi connectivity index (χ2n) is 3.86. The molecule has 0 atom stereocenters. The lowest BCUT2D eigenvalue weighted by atomic mass is 10.1. The molecule has 2 heterocycles. The Morgan fingerprint density at radius 2 is 2.25 bits per heavy atom. The van der Waals surface area contributed by atoms with E-state index in [9.17, 15) is 4.79 Å². The quantitative estimate of drug-likeness (QED) is 0.922. The monoisotopic (exact) mass is 282 g/mol. The van der Waals surface area contributed by atoms with Crippen LogP contribution < -0.4 is 0 Å². The maximum Gasteiger partial charge on any atom is 0.356 e. The van der Waals surface area contributed by atoms with Crippen molar-refractivity contribution in [3.8, 4) is 0 Å². The predicted molar refractivity (Wildman–Crippen MR) is 63.9 cm³/mol. The van der Waals surface area contributed by atoms with Crippen LogP contribution in [0.5, 0.6) is 0 Å². The van der Waals surface area contributed by atoms with E-state index in [2.05, 4.69) is 20.9 Å². The molecule has 5 heteroatoms. The van der Waals surface area contributed by atoms with Gasteiger partial charge in [-0.1, -0.05) is 13.8 Å². The molecule has 0 radical (unpaired) electrons. The molecule has 0 saturated heterocycles. The van der Waals surface area contributed by atoms with Gasteiger partial charge in [-0.25, -0.2) is 9.78 Å². The number of halogens is 1. The zero-order valence-electron chi connectivity index (χ0n) is 8.94. The molecule has 4 nitrogen and oxygen atoms in total. The fraction of sp³-hybridized carbons (Fsp3) is 0.273. The van der Waals surface area contributed by atoms with E-state index in [4.69, 9.17) is 5.11 Å². The largest absolute Gasteiger partial charge is 0.476 e. The minimum Gasteiger partial charge on any atom is -0.476 e. The number of carboxylic acid groups (broad SMARTS) is 1. The minimum atomic E-state index is -0.987. The van der Waals surface area contributed by atoms with Gasteiger partial charge in [0, 0.05) is 6.20 Å². The van der Waals surface area contributed by atoms with Crippen LogP contribution in [0, 0.1) is 0 Å². The Balaban J connectivity index is 2.86. The number of imidazole rings is 1. The number of pyridine rings is 1. The van der Waals surface area contributed by atoms with Crippen molar-refractivity contribution in [2.45, 2.75) is 19.8 Å². The average Bonchev–Trinajstić information content (AvgIpc) is 2.58. The third-order valence-corrected chi connectivity index (χ3v) is 3.01. The number of rotatable bonds is 2. The van der Waals surface area contributed by atoms with Crippen LogP contribution in [0.4, 0.5) is 0 Å². The Hall–Kier alpha value is -1.36. The van der Waals surface area contributed by atoms with E-state index in [0.29, 0.717) is 5.65 Å². The lowest BCUT2D eigenvalue weighted by Gasteiger charge is -2.06. The summed E-state index contributed by atoms with van der Waals surface area (Å²) < 4.78 is 2.61. The second kappa shape index (κ2) is 3.90. The van der Waals surface area contributed by atoms with E-state index >= 15 is 0 Å². The van der Waals surface area contributed by atoms with Gasteiger partial charge in [0.25, 0.3) is 0 Å². The third kappa shape index (κ3) is 1.61. The molecule has 2 aromatic rings. The standard InChI is InChI=1S/C11H11BrN2O2/c1-6(2)9-8(11(15)16)13-10-7(12)4-3-5-14(9)10/h3-6H,1-2H3,(H,15,16). The van der Waals surface area contributed by atoms with E-state index in [0.717, 1.165) is 10.2 Å². The molecular weight excluding hydrogens is 272 g/mol. The van der Waals surface area contributed by atoms with Crippen LogP contribution in [0.15, 0.2) is 22.8 Å². The maximum atomic E-state index is 11.1. The number of carboxylic acids is 1. The molecule has 2 rings (SSSR count). The Morgan fingerprint density at radius 1 is 1.56 bits per heavy atom. The Labute approximate surface area is 101 Å². The predicted octanol–water partition coefficient (Wildman–Crippen LogP) is 2.92. The normalized spacial score (nSPS) is 11.2. The van der Waals surface area contributed by atoms with Gasteiger partial charge in [0.2, 0.25) is 0 Å². The number of fused-ring (bicyclic) bond motifs is 1. The fourth-order valence-corrected chi connectivity index (χ4v) is 2.19. The number of hydrogen-bond acceptors (Lipinski definition) is 2. The number of aromatic carboxylic acids is 1. The molecule has 0 spiro atoms. The van der Waals surface area contributed by atoms with Gasteiger partial charge in [-0.05, 0) is 34.0 Å². The number of carbonyl (C=O) groups is 1. The molecule has 16 heavy (non-hydrogen) atoms. The highest BCUT2D eigenvalue weighted by atomic mass is 79.9. The van der Waals surface area contributed by atoms with Crippen molar-refractivity contribution < 1.29 is 9.90 Å². The van der Waals surface area contributed by atoms with Crippen molar-refractivity contribution in [2.75, 3.05) is 0 Å². The summed E-state index contributed by atoms with van der Waals surface area (Å²) in [5.41, 5.74) is 1.49. The fourth-order valence-electron chi connectivity index (χ4n) is 1.76. The van der Waals surface area contributed by atoms with Crippen LogP contribution >= 0.6 is 15.9 Å². The maximum absolute atomic E-state index is 11.1. The molecule has 0 saturated carbocycles. The molecule has 0 amide bonds. The zero-order chi connectivity index (χ0) is 11.9. The van der Waals surface area contributed by atoms with Gasteiger partial charge < -0.3 is 9.51 Å². The van der Waals surface area contributed by atoms with Crippen LogP contribution in [0.1, 0.15) is 35.9 Å². The van der Waals surface area contributed by atoms with E-state index in [1.54, 1.807) is 0 Å². The second-order valence-corrected chi connectivity index (χ2v) is 4.71. The van der Waals surface area contributed by atoms with Crippen LogP contribution in [0.3, 0.4) is 0 Å². The first-order chi connectivity index (χ1) is 7.52. The molecule has 0 bridgehead atoms. The van der Waals surface area contributed by atoms with Gasteiger partial charge in [0.15, 0.2) is 11.3 Å². The molecule has 0 fully saturated rings. The molecule has 0 unspecified atom stereocenters. The lowest BCUT2D eigenvalue weighted by Crippen LogP contribution is -2.04. The average molecular weight is 283 g/mol. The third-order valence-electron chi connectivity index (χ3n) is 2.39. The molecule has 0 aromatic carbocycles. The molecule has 0 aliphatic rings. The van der Waals surface area contributed by atoms with Gasteiger partial charge in [0.1, 0.15) is 0 Å². The van der Waals surface area contributed by atoms with Crippen LogP contribution in [-0.4, -0.2) is 20.5 Å². The molecule has 2 aromatic heterocycles. The number of aromatic nitrogens is 2. The van der Waals surface area contributed by atoms with E-state index in [1.807, 2.05) is 36.6 Å². The first-order valence-electron chi connectivity index (χ1n) is 4.92. The van der Waals surface area contributed by atoms with Gasteiger partial charge >= 0.3 is 5.97 Å². The van der Waals surface area contributed by atoms with Gasteiger partial charge in [-0.2, -0.15) is 0 Å². The van der Waals surface area contributed by atoms with Crippen molar-refractivity contribution in [3.63, 3.8) is 0 Å². The highest BCUT2D eigenvalue weighted by Gasteiger charge is 2.21. The lowest BCUT2D eigenvalue weighted by molar-refractivity contribution is 0.0689. The van der Waals surface area contributed by atoms with E-state index in [-0.39, 0.29) is 11.6 Å². The van der Waals surface area contributed by atoms with Crippen molar-refractivity contribution in [1.29, 1.82) is 0 Å². The summed E-state index contributed by atoms with van der Waals surface area (Å²) in [4.78, 5) is 15.3. The summed E-state index contributed by atoms with van der Waals surface area (Å²) in [6.07, 6.45) is 1.83. The summed E-state index contributed by atoms with van der Waals surface area (Å²) in [7, 11) is 0. The summed E-state index contributed by atoms with van der Waals surface area (Å²) in [6, 6.07) is 3.70. The van der Waals surface area contributed by atoms with Gasteiger partial charge in [-0.3, -0.25) is 0 Å². The van der Waals surface area contributed by atoms with Gasteiger partial charge in [0.05, 0.1) is 10.2 Å². The van der Waals surface area contributed by atoms with Gasteiger partial charge in [-0.15, -0.1) is 0 Å². The van der Waals surface area contributed by atoms with Crippen LogP contribution in [0.25, 0.3) is 5.65 Å². The zero-order valence-corrected chi connectivity index (χ0v) is 10.5. The summed E-state index contributed by atoms with van der Waals surface area (Å²) in [5.74, 6) is -0.880. The number of nitrogens with zero attached hydrogens (tertiary/aromatic N) is 2. The summed E-state index contributed by atoms with van der Waals surface area (Å²) in [5, 5.41) is 9.12. The van der Waals surface area contributed by atoms with E-state index in [1.165, 1.54) is 0 Å². The van der Waals surface area contributed by atoms with E-state index < -0.39 is 5.97 Å². The minimum absolute atomic E-state index is 0.107. The smallest absolute Gasteiger partial charge is 0.356 e. The van der Waals surface area contributed by atoms with Crippen molar-refractivity contribution in [3.05, 3.63) is 34.2 Å². The summed E-state index contributed by atoms with van der Waals surface area (Å²) >= 11 is 3.37. The molecule has 0 aliphatic carbocycles. The molecule has 1 N–H and O–H groups in total. The Morgan fingerprint density at radius 3 is 2.81 bits per heavy atom. The Kier molecular flexibility index (Phi) is 2.71. The first-order valence-corrected chi connectivity index (χ1v) is 5.71. The van der Waals surface area contributed by atoms with Crippen molar-refractivity contribution >= 4 is 27.5 Å². The van der Waals surface area contributed by atoms with Crippen LogP contribution in [0.2, 0.25) is 0 Å². The number of hydrogen-bond donors (Lipinski definition) is 1. The summed E-state index contributed by atoms with van der Waals surface area (Å²) in [6.45, 7) is 3.91. The Bertz CT molecular complexity index is 560. The van der Waals surface area contributed by atoms with Crippen molar-refractivity contribution in [1.82, 2.24) is 9.38 Å². The highest BCUT2D eigenvalue weighted by molar-refractivity contribution is 9.10. The first kappa shape index (κ1) is 11.1. The van der Waals surface area contributed by atoms with Crippen LogP contribution in [-0.2, 0) is 0 Å². The molecular formula is C11H11BrN2O2. The van der Waals surface area contributed by atoms with Crippen molar-refractivity contribution in [2.24, 2.45) is 0 Å². The SMILES string of the molecule is CC(C)c1c(C(=O)O)nc2c(Br)cccn12. The topological polar surface area (TPSA) is 54.6 Å². The highest BCUT2D eigenvalue weighted by Crippen LogP contribution is 2.25. The molecule has 0 aliphatic heterocycles.